The highest BCUT2D eigenvalue weighted by molar-refractivity contribution is 7.80. The molecule has 0 heterocycles. The van der Waals surface area contributed by atoms with E-state index in [4.69, 9.17) is 15.2 Å². The van der Waals surface area contributed by atoms with E-state index in [9.17, 15) is 4.79 Å². The molecule has 1 aromatic carbocycles. The van der Waals surface area contributed by atoms with Crippen LogP contribution >= 0.6 is 12.6 Å². The Labute approximate surface area is 87.4 Å². The molecule has 0 aliphatic rings. The molecule has 5 heteroatoms. The number of thiol groups is 1. The van der Waals surface area contributed by atoms with E-state index in [0.717, 1.165) is 0 Å². The molecular formula is C9H11NO3S. The van der Waals surface area contributed by atoms with Gasteiger partial charge in [0, 0.05) is 4.90 Å². The van der Waals surface area contributed by atoms with Gasteiger partial charge in [0.05, 0.1) is 19.8 Å². The number of hydrogen-bond acceptors (Lipinski definition) is 4. The number of primary amides is 1. The molecule has 0 radical (unpaired) electrons. The molecule has 0 aromatic heterocycles. The van der Waals surface area contributed by atoms with E-state index in [-0.39, 0.29) is 5.56 Å². The fourth-order valence-electron chi connectivity index (χ4n) is 1.07. The predicted molar refractivity (Wildman–Crippen MR) is 55.3 cm³/mol. The van der Waals surface area contributed by atoms with Gasteiger partial charge in [-0.3, -0.25) is 4.79 Å². The number of ether oxygens (including phenoxy) is 2. The van der Waals surface area contributed by atoms with Crippen molar-refractivity contribution in [3.8, 4) is 11.5 Å². The molecule has 0 unspecified atom stereocenters. The van der Waals surface area contributed by atoms with Crippen LogP contribution in [0, 0.1) is 0 Å². The number of benzene rings is 1. The van der Waals surface area contributed by atoms with E-state index in [2.05, 4.69) is 12.6 Å². The molecule has 1 rings (SSSR count). The Morgan fingerprint density at radius 3 is 2.29 bits per heavy atom. The molecule has 0 fully saturated rings. The first kappa shape index (κ1) is 10.7. The molecule has 0 saturated carbocycles. The maximum absolute atomic E-state index is 11.0. The number of carbonyl (C=O) groups is 1. The van der Waals surface area contributed by atoms with Crippen LogP contribution in [0.25, 0.3) is 0 Å². The monoisotopic (exact) mass is 213 g/mol. The SMILES string of the molecule is COc1cc(C(N)=O)c(OC)cc1S. The number of nitrogens with two attached hydrogens (primary N) is 1. The molecule has 0 bridgehead atoms. The highest BCUT2D eigenvalue weighted by Gasteiger charge is 2.12. The molecule has 76 valence electrons. The average molecular weight is 213 g/mol. The van der Waals surface area contributed by atoms with E-state index in [1.807, 2.05) is 0 Å². The Morgan fingerprint density at radius 1 is 1.29 bits per heavy atom. The Balaban J connectivity index is 3.32. The highest BCUT2D eigenvalue weighted by Crippen LogP contribution is 2.30. The molecule has 0 saturated heterocycles. The van der Waals surface area contributed by atoms with Crippen molar-refractivity contribution in [2.75, 3.05) is 14.2 Å². The molecule has 0 spiro atoms. The Hall–Kier alpha value is -1.36. The molecular weight excluding hydrogens is 202 g/mol. The summed E-state index contributed by atoms with van der Waals surface area (Å²) in [6.07, 6.45) is 0. The second-order valence-electron chi connectivity index (χ2n) is 2.59. The van der Waals surface area contributed by atoms with Crippen molar-refractivity contribution < 1.29 is 14.3 Å². The van der Waals surface area contributed by atoms with Crippen molar-refractivity contribution >= 4 is 18.5 Å². The molecule has 14 heavy (non-hydrogen) atoms. The van der Waals surface area contributed by atoms with Gasteiger partial charge < -0.3 is 15.2 Å². The van der Waals surface area contributed by atoms with Crippen LogP contribution in [0.15, 0.2) is 17.0 Å². The summed E-state index contributed by atoms with van der Waals surface area (Å²) in [6, 6.07) is 3.09. The molecule has 0 aliphatic heterocycles. The van der Waals surface area contributed by atoms with Gasteiger partial charge >= 0.3 is 0 Å². The van der Waals surface area contributed by atoms with Crippen molar-refractivity contribution in [1.82, 2.24) is 0 Å². The molecule has 0 aliphatic carbocycles. The summed E-state index contributed by atoms with van der Waals surface area (Å²) in [4.78, 5) is 11.6. The smallest absolute Gasteiger partial charge is 0.252 e. The van der Waals surface area contributed by atoms with Crippen molar-refractivity contribution in [2.24, 2.45) is 5.73 Å². The van der Waals surface area contributed by atoms with Crippen LogP contribution in [0.5, 0.6) is 11.5 Å². The van der Waals surface area contributed by atoms with Gasteiger partial charge in [0.25, 0.3) is 5.91 Å². The van der Waals surface area contributed by atoms with Gasteiger partial charge in [-0.15, -0.1) is 12.6 Å². The Kier molecular flexibility index (Phi) is 3.24. The van der Waals surface area contributed by atoms with Crippen molar-refractivity contribution in [3.05, 3.63) is 17.7 Å². The zero-order chi connectivity index (χ0) is 10.7. The van der Waals surface area contributed by atoms with E-state index in [1.54, 1.807) is 6.07 Å². The van der Waals surface area contributed by atoms with E-state index < -0.39 is 5.91 Å². The lowest BCUT2D eigenvalue weighted by atomic mass is 10.2. The van der Waals surface area contributed by atoms with Crippen LogP contribution in [0.2, 0.25) is 0 Å². The summed E-state index contributed by atoms with van der Waals surface area (Å²) in [5.74, 6) is 0.319. The second kappa shape index (κ2) is 4.23. The van der Waals surface area contributed by atoms with Gasteiger partial charge in [0.1, 0.15) is 11.5 Å². The normalized spacial score (nSPS) is 9.64. The minimum absolute atomic E-state index is 0.280. The minimum Gasteiger partial charge on any atom is -0.496 e. The average Bonchev–Trinajstić information content (AvgIpc) is 2.16. The minimum atomic E-state index is -0.562. The third-order valence-corrected chi connectivity index (χ3v) is 2.12. The van der Waals surface area contributed by atoms with Crippen molar-refractivity contribution in [1.29, 1.82) is 0 Å². The van der Waals surface area contributed by atoms with Crippen LogP contribution in [-0.2, 0) is 0 Å². The zero-order valence-corrected chi connectivity index (χ0v) is 8.80. The largest absolute Gasteiger partial charge is 0.496 e. The van der Waals surface area contributed by atoms with Crippen LogP contribution in [-0.4, -0.2) is 20.1 Å². The maximum Gasteiger partial charge on any atom is 0.252 e. The Bertz CT molecular complexity index is 365. The first-order valence-electron chi connectivity index (χ1n) is 3.85. The lowest BCUT2D eigenvalue weighted by Crippen LogP contribution is -2.12. The van der Waals surface area contributed by atoms with Gasteiger partial charge in [-0.25, -0.2) is 0 Å². The number of amides is 1. The summed E-state index contributed by atoms with van der Waals surface area (Å²) < 4.78 is 9.98. The first-order valence-corrected chi connectivity index (χ1v) is 4.29. The third kappa shape index (κ3) is 1.93. The highest BCUT2D eigenvalue weighted by atomic mass is 32.1. The van der Waals surface area contributed by atoms with Crippen LogP contribution in [0.1, 0.15) is 10.4 Å². The number of carbonyl (C=O) groups excluding carboxylic acids is 1. The lowest BCUT2D eigenvalue weighted by Gasteiger charge is -2.09. The van der Waals surface area contributed by atoms with E-state index in [1.165, 1.54) is 20.3 Å². The summed E-state index contributed by atoms with van der Waals surface area (Å²) in [5.41, 5.74) is 5.44. The molecule has 0 atom stereocenters. The van der Waals surface area contributed by atoms with Gasteiger partial charge in [0.15, 0.2) is 0 Å². The number of hydrogen-bond donors (Lipinski definition) is 2. The number of methoxy groups -OCH3 is 2. The first-order chi connectivity index (χ1) is 6.60. The number of rotatable bonds is 3. The quantitative estimate of drug-likeness (QED) is 0.739. The van der Waals surface area contributed by atoms with Crippen LogP contribution in [0.3, 0.4) is 0 Å². The van der Waals surface area contributed by atoms with Gasteiger partial charge in [-0.2, -0.15) is 0 Å². The lowest BCUT2D eigenvalue weighted by molar-refractivity contribution is 0.0997. The summed E-state index contributed by atoms with van der Waals surface area (Å²) in [6.45, 7) is 0. The van der Waals surface area contributed by atoms with E-state index in [0.29, 0.717) is 16.4 Å². The van der Waals surface area contributed by atoms with Crippen molar-refractivity contribution in [3.63, 3.8) is 0 Å². The topological polar surface area (TPSA) is 61.5 Å². The Morgan fingerprint density at radius 2 is 1.86 bits per heavy atom. The molecule has 2 N–H and O–H groups in total. The van der Waals surface area contributed by atoms with E-state index >= 15 is 0 Å². The maximum atomic E-state index is 11.0. The summed E-state index contributed by atoms with van der Waals surface area (Å²) >= 11 is 4.16. The summed E-state index contributed by atoms with van der Waals surface area (Å²) in [7, 11) is 2.95. The zero-order valence-electron chi connectivity index (χ0n) is 7.90. The molecule has 4 nitrogen and oxygen atoms in total. The third-order valence-electron chi connectivity index (χ3n) is 1.77. The predicted octanol–water partition coefficient (Wildman–Crippen LogP) is 1.09. The van der Waals surface area contributed by atoms with Crippen LogP contribution < -0.4 is 15.2 Å². The molecule has 1 amide bonds. The fraction of sp³-hybridized carbons (Fsp3) is 0.222. The van der Waals surface area contributed by atoms with Crippen LogP contribution in [0.4, 0.5) is 0 Å². The fourth-order valence-corrected chi connectivity index (χ4v) is 1.35. The van der Waals surface area contributed by atoms with Gasteiger partial charge in [-0.1, -0.05) is 0 Å². The second-order valence-corrected chi connectivity index (χ2v) is 3.07. The van der Waals surface area contributed by atoms with Gasteiger partial charge in [-0.05, 0) is 12.1 Å². The molecule has 1 aromatic rings. The standard InChI is InChI=1S/C9H11NO3S/c1-12-6-4-8(14)7(13-2)3-5(6)9(10)11/h3-4,14H,1-2H3,(H2,10,11). The van der Waals surface area contributed by atoms with Gasteiger partial charge in [0.2, 0.25) is 0 Å². The van der Waals surface area contributed by atoms with Crippen molar-refractivity contribution in [2.45, 2.75) is 4.90 Å². The summed E-state index contributed by atoms with van der Waals surface area (Å²) in [5, 5.41) is 0.